The van der Waals surface area contributed by atoms with E-state index in [0.29, 0.717) is 11.5 Å². The molecule has 1 aliphatic rings. The van der Waals surface area contributed by atoms with Crippen LogP contribution in [0.2, 0.25) is 0 Å². The number of hydrogen-bond donors (Lipinski definition) is 0. The molecule has 23 heavy (non-hydrogen) atoms. The van der Waals surface area contributed by atoms with Gasteiger partial charge in [0.25, 0.3) is 0 Å². The smallest absolute Gasteiger partial charge is 0.120 e. The minimum Gasteiger partial charge on any atom is -0.490 e. The van der Waals surface area contributed by atoms with Crippen LogP contribution < -0.4 is 4.74 Å². The van der Waals surface area contributed by atoms with Gasteiger partial charge in [-0.2, -0.15) is 0 Å². The van der Waals surface area contributed by atoms with E-state index in [0.717, 1.165) is 35.6 Å². The van der Waals surface area contributed by atoms with Gasteiger partial charge in [-0.15, -0.1) is 0 Å². The molecule has 2 heteroatoms. The highest BCUT2D eigenvalue weighted by Gasteiger charge is 2.30. The van der Waals surface area contributed by atoms with Crippen LogP contribution >= 0.6 is 0 Å². The molecule has 0 saturated heterocycles. The first kappa shape index (κ1) is 16.0. The number of aromatic nitrogens is 1. The predicted octanol–water partition coefficient (Wildman–Crippen LogP) is 5.86. The van der Waals surface area contributed by atoms with Crippen molar-refractivity contribution in [3.8, 4) is 5.75 Å². The second-order valence-electron chi connectivity index (χ2n) is 7.78. The van der Waals surface area contributed by atoms with Gasteiger partial charge in [0.05, 0.1) is 11.8 Å². The van der Waals surface area contributed by atoms with E-state index in [4.69, 9.17) is 4.74 Å². The molecule has 1 saturated carbocycles. The largest absolute Gasteiger partial charge is 0.490 e. The average Bonchev–Trinajstić information content (AvgIpc) is 2.54. The van der Waals surface area contributed by atoms with Crippen LogP contribution in [0.3, 0.4) is 0 Å². The zero-order valence-corrected chi connectivity index (χ0v) is 14.5. The molecule has 1 aromatic heterocycles. The number of rotatable bonds is 3. The SMILES string of the molecule is C=Cc1cc2ccc(OC3CCC(C(C)(C)C)CC3)cc2cn1. The third-order valence-corrected chi connectivity index (χ3v) is 5.13. The van der Waals surface area contributed by atoms with Crippen molar-refractivity contribution in [3.63, 3.8) is 0 Å². The number of hydrogen-bond acceptors (Lipinski definition) is 2. The van der Waals surface area contributed by atoms with Gasteiger partial charge in [-0.25, -0.2) is 0 Å². The van der Waals surface area contributed by atoms with Gasteiger partial charge >= 0.3 is 0 Å². The molecule has 0 aliphatic heterocycles. The summed E-state index contributed by atoms with van der Waals surface area (Å²) < 4.78 is 6.23. The van der Waals surface area contributed by atoms with Crippen LogP contribution in [0.25, 0.3) is 16.8 Å². The lowest BCUT2D eigenvalue weighted by atomic mass is 9.72. The van der Waals surface area contributed by atoms with Crippen molar-refractivity contribution in [2.75, 3.05) is 0 Å². The number of benzene rings is 1. The molecule has 0 radical (unpaired) electrons. The molecular weight excluding hydrogens is 282 g/mol. The maximum atomic E-state index is 6.23. The summed E-state index contributed by atoms with van der Waals surface area (Å²) in [6.45, 7) is 10.8. The molecule has 1 heterocycles. The highest BCUT2D eigenvalue weighted by molar-refractivity contribution is 5.84. The van der Waals surface area contributed by atoms with Crippen molar-refractivity contribution in [2.24, 2.45) is 11.3 Å². The molecule has 0 bridgehead atoms. The van der Waals surface area contributed by atoms with Gasteiger partial charge in [0.1, 0.15) is 5.75 Å². The number of nitrogens with zero attached hydrogens (tertiary/aromatic N) is 1. The summed E-state index contributed by atoms with van der Waals surface area (Å²) in [4.78, 5) is 4.38. The number of pyridine rings is 1. The van der Waals surface area contributed by atoms with Crippen LogP contribution in [0.4, 0.5) is 0 Å². The molecule has 1 aromatic carbocycles. The van der Waals surface area contributed by atoms with E-state index in [1.54, 1.807) is 6.08 Å². The second-order valence-corrected chi connectivity index (χ2v) is 7.78. The van der Waals surface area contributed by atoms with Gasteiger partial charge in [0, 0.05) is 11.6 Å². The van der Waals surface area contributed by atoms with Gasteiger partial charge in [0.2, 0.25) is 0 Å². The minimum atomic E-state index is 0.353. The molecule has 0 N–H and O–H groups in total. The Labute approximate surface area is 139 Å². The zero-order valence-electron chi connectivity index (χ0n) is 14.5. The molecule has 122 valence electrons. The Morgan fingerprint density at radius 2 is 1.83 bits per heavy atom. The summed E-state index contributed by atoms with van der Waals surface area (Å²) in [5.74, 6) is 1.78. The summed E-state index contributed by atoms with van der Waals surface area (Å²) in [5.41, 5.74) is 1.33. The summed E-state index contributed by atoms with van der Waals surface area (Å²) in [7, 11) is 0. The Bertz CT molecular complexity index is 691. The Balaban J connectivity index is 1.67. The third kappa shape index (κ3) is 3.74. The summed E-state index contributed by atoms with van der Waals surface area (Å²) in [6.07, 6.45) is 8.89. The lowest BCUT2D eigenvalue weighted by Gasteiger charge is -2.36. The van der Waals surface area contributed by atoms with Crippen molar-refractivity contribution >= 4 is 16.8 Å². The second kappa shape index (κ2) is 6.35. The minimum absolute atomic E-state index is 0.353. The van der Waals surface area contributed by atoms with E-state index in [9.17, 15) is 0 Å². The number of fused-ring (bicyclic) bond motifs is 1. The maximum absolute atomic E-state index is 6.23. The standard InChI is InChI=1S/C21H27NO/c1-5-18-12-15-6-9-20(13-16(15)14-22-18)23-19-10-7-17(8-11-19)21(2,3)4/h5-6,9,12-14,17,19H,1,7-8,10-11H2,2-4H3. The molecule has 0 spiro atoms. The van der Waals surface area contributed by atoms with E-state index in [-0.39, 0.29) is 0 Å². The van der Waals surface area contributed by atoms with Crippen LogP contribution in [-0.4, -0.2) is 11.1 Å². The van der Waals surface area contributed by atoms with Gasteiger partial charge in [0.15, 0.2) is 0 Å². The fraction of sp³-hybridized carbons (Fsp3) is 0.476. The molecule has 3 rings (SSSR count). The zero-order chi connectivity index (χ0) is 16.4. The summed E-state index contributed by atoms with van der Waals surface area (Å²) in [6, 6.07) is 8.34. The molecule has 2 aromatic rings. The molecular formula is C21H27NO. The Kier molecular flexibility index (Phi) is 4.43. The quantitative estimate of drug-likeness (QED) is 0.708. The Hall–Kier alpha value is -1.83. The van der Waals surface area contributed by atoms with Gasteiger partial charge in [-0.05, 0) is 66.7 Å². The molecule has 1 fully saturated rings. The summed E-state index contributed by atoms with van der Waals surface area (Å²) in [5, 5.41) is 2.30. The Morgan fingerprint density at radius 1 is 1.09 bits per heavy atom. The summed E-state index contributed by atoms with van der Waals surface area (Å²) >= 11 is 0. The highest BCUT2D eigenvalue weighted by Crippen LogP contribution is 2.38. The topological polar surface area (TPSA) is 22.1 Å². The molecule has 0 unspecified atom stereocenters. The highest BCUT2D eigenvalue weighted by atomic mass is 16.5. The molecule has 1 aliphatic carbocycles. The van der Waals surface area contributed by atoms with Crippen molar-refractivity contribution in [3.05, 3.63) is 42.7 Å². The van der Waals surface area contributed by atoms with Crippen LogP contribution in [-0.2, 0) is 0 Å². The normalized spacial score (nSPS) is 22.0. The van der Waals surface area contributed by atoms with E-state index in [2.05, 4.69) is 56.6 Å². The fourth-order valence-electron chi connectivity index (χ4n) is 3.56. The first-order valence-electron chi connectivity index (χ1n) is 8.64. The Morgan fingerprint density at radius 3 is 2.48 bits per heavy atom. The maximum Gasteiger partial charge on any atom is 0.120 e. The number of ether oxygens (including phenoxy) is 1. The van der Waals surface area contributed by atoms with E-state index in [1.165, 1.54) is 18.2 Å². The van der Waals surface area contributed by atoms with E-state index < -0.39 is 0 Å². The fourth-order valence-corrected chi connectivity index (χ4v) is 3.56. The predicted molar refractivity (Wildman–Crippen MR) is 97.7 cm³/mol. The van der Waals surface area contributed by atoms with E-state index in [1.807, 2.05) is 6.20 Å². The molecule has 0 atom stereocenters. The van der Waals surface area contributed by atoms with Crippen molar-refractivity contribution in [1.82, 2.24) is 4.98 Å². The first-order valence-corrected chi connectivity index (χ1v) is 8.64. The average molecular weight is 309 g/mol. The van der Waals surface area contributed by atoms with Crippen molar-refractivity contribution < 1.29 is 4.74 Å². The van der Waals surface area contributed by atoms with Crippen LogP contribution in [0.15, 0.2) is 37.0 Å². The third-order valence-electron chi connectivity index (χ3n) is 5.13. The van der Waals surface area contributed by atoms with E-state index >= 15 is 0 Å². The van der Waals surface area contributed by atoms with Crippen LogP contribution in [0.1, 0.15) is 52.1 Å². The monoisotopic (exact) mass is 309 g/mol. The van der Waals surface area contributed by atoms with Gasteiger partial charge in [-0.1, -0.05) is 33.4 Å². The van der Waals surface area contributed by atoms with Crippen molar-refractivity contribution in [2.45, 2.75) is 52.6 Å². The lowest BCUT2D eigenvalue weighted by Crippen LogP contribution is -2.30. The lowest BCUT2D eigenvalue weighted by molar-refractivity contribution is 0.0883. The van der Waals surface area contributed by atoms with Gasteiger partial charge in [-0.3, -0.25) is 4.98 Å². The van der Waals surface area contributed by atoms with Crippen LogP contribution in [0, 0.1) is 11.3 Å². The van der Waals surface area contributed by atoms with Crippen LogP contribution in [0.5, 0.6) is 5.75 Å². The molecule has 0 amide bonds. The first-order chi connectivity index (χ1) is 11.0. The van der Waals surface area contributed by atoms with Crippen molar-refractivity contribution in [1.29, 1.82) is 0 Å². The molecule has 2 nitrogen and oxygen atoms in total. The van der Waals surface area contributed by atoms with Gasteiger partial charge < -0.3 is 4.74 Å².